The van der Waals surface area contributed by atoms with Crippen molar-refractivity contribution in [3.05, 3.63) is 41.7 Å². The van der Waals surface area contributed by atoms with E-state index in [0.29, 0.717) is 12.2 Å². The summed E-state index contributed by atoms with van der Waals surface area (Å²) >= 11 is 1.55. The molecule has 0 atom stereocenters. The number of aromatic nitrogens is 3. The minimum atomic E-state index is -0.150. The summed E-state index contributed by atoms with van der Waals surface area (Å²) in [7, 11) is 0. The van der Waals surface area contributed by atoms with Gasteiger partial charge in [0.05, 0.1) is 15.7 Å². The van der Waals surface area contributed by atoms with E-state index in [1.165, 1.54) is 0 Å². The Labute approximate surface area is 113 Å². The van der Waals surface area contributed by atoms with E-state index >= 15 is 0 Å². The topological polar surface area (TPSA) is 59.8 Å². The quantitative estimate of drug-likeness (QED) is 0.797. The van der Waals surface area contributed by atoms with Crippen molar-refractivity contribution in [2.24, 2.45) is 0 Å². The van der Waals surface area contributed by atoms with Crippen LogP contribution in [0.15, 0.2) is 36.0 Å². The van der Waals surface area contributed by atoms with Crippen molar-refractivity contribution in [2.75, 3.05) is 5.32 Å². The summed E-state index contributed by atoms with van der Waals surface area (Å²) < 4.78 is 2.72. The number of anilines is 1. The van der Waals surface area contributed by atoms with Gasteiger partial charge in [0.1, 0.15) is 5.69 Å². The molecule has 0 bridgehead atoms. The third-order valence-corrected chi connectivity index (χ3v) is 3.63. The first kappa shape index (κ1) is 11.9. The molecule has 0 aliphatic heterocycles. The van der Waals surface area contributed by atoms with Crippen molar-refractivity contribution >= 4 is 33.1 Å². The number of fused-ring (bicyclic) bond motifs is 1. The first-order valence-corrected chi connectivity index (χ1v) is 6.82. The Morgan fingerprint density at radius 2 is 2.32 bits per heavy atom. The first-order valence-electron chi connectivity index (χ1n) is 5.94. The van der Waals surface area contributed by atoms with E-state index in [-0.39, 0.29) is 5.91 Å². The van der Waals surface area contributed by atoms with E-state index < -0.39 is 0 Å². The molecule has 1 aromatic carbocycles. The van der Waals surface area contributed by atoms with Crippen molar-refractivity contribution in [2.45, 2.75) is 13.5 Å². The maximum Gasteiger partial charge on any atom is 0.273 e. The third kappa shape index (κ3) is 2.22. The predicted octanol–water partition coefficient (Wildman–Crippen LogP) is 2.77. The van der Waals surface area contributed by atoms with Gasteiger partial charge in [0.25, 0.3) is 5.91 Å². The van der Waals surface area contributed by atoms with Crippen LogP contribution in [0.2, 0.25) is 0 Å². The minimum absolute atomic E-state index is 0.150. The molecular weight excluding hydrogens is 260 g/mol. The summed E-state index contributed by atoms with van der Waals surface area (Å²) in [4.78, 5) is 16.4. The second-order valence-electron chi connectivity index (χ2n) is 4.02. The molecule has 2 aromatic heterocycles. The van der Waals surface area contributed by atoms with Gasteiger partial charge >= 0.3 is 0 Å². The Morgan fingerprint density at radius 1 is 1.42 bits per heavy atom. The summed E-state index contributed by atoms with van der Waals surface area (Å²) in [5.74, 6) is -0.150. The Balaban J connectivity index is 1.86. The highest BCUT2D eigenvalue weighted by Gasteiger charge is 2.11. The number of thiazole rings is 1. The lowest BCUT2D eigenvalue weighted by atomic mass is 10.3. The first-order chi connectivity index (χ1) is 9.28. The van der Waals surface area contributed by atoms with Crippen LogP contribution in [0, 0.1) is 0 Å². The van der Waals surface area contributed by atoms with Crippen LogP contribution in [-0.4, -0.2) is 20.7 Å². The summed E-state index contributed by atoms with van der Waals surface area (Å²) in [5, 5.41) is 6.97. The Bertz CT molecular complexity index is 731. The van der Waals surface area contributed by atoms with Crippen LogP contribution in [-0.2, 0) is 6.54 Å². The monoisotopic (exact) mass is 272 g/mol. The van der Waals surface area contributed by atoms with E-state index in [2.05, 4.69) is 15.4 Å². The van der Waals surface area contributed by atoms with Crippen molar-refractivity contribution < 1.29 is 4.79 Å². The fraction of sp³-hybridized carbons (Fsp3) is 0.154. The second kappa shape index (κ2) is 4.81. The van der Waals surface area contributed by atoms with Gasteiger partial charge in [-0.15, -0.1) is 11.3 Å². The lowest BCUT2D eigenvalue weighted by Crippen LogP contribution is -2.17. The number of benzene rings is 1. The van der Waals surface area contributed by atoms with Crippen molar-refractivity contribution in [1.29, 1.82) is 0 Å². The molecule has 6 heteroatoms. The average Bonchev–Trinajstić information content (AvgIpc) is 3.06. The molecule has 0 radical (unpaired) electrons. The van der Waals surface area contributed by atoms with Gasteiger partial charge in [0.15, 0.2) is 0 Å². The van der Waals surface area contributed by atoms with E-state index in [1.54, 1.807) is 33.8 Å². The smallest absolute Gasteiger partial charge is 0.273 e. The van der Waals surface area contributed by atoms with Crippen LogP contribution in [0.5, 0.6) is 0 Å². The van der Waals surface area contributed by atoms with Gasteiger partial charge in [-0.2, -0.15) is 5.10 Å². The van der Waals surface area contributed by atoms with E-state index in [4.69, 9.17) is 0 Å². The molecule has 96 valence electrons. The normalized spacial score (nSPS) is 10.8. The molecule has 5 nitrogen and oxygen atoms in total. The van der Waals surface area contributed by atoms with Gasteiger partial charge in [-0.1, -0.05) is 0 Å². The number of hydrogen-bond acceptors (Lipinski definition) is 4. The zero-order valence-electron chi connectivity index (χ0n) is 10.3. The number of nitrogens with one attached hydrogen (secondary N) is 1. The zero-order valence-corrected chi connectivity index (χ0v) is 11.1. The van der Waals surface area contributed by atoms with Gasteiger partial charge in [-0.3, -0.25) is 9.48 Å². The summed E-state index contributed by atoms with van der Waals surface area (Å²) in [5.41, 5.74) is 4.07. The molecule has 0 aliphatic carbocycles. The van der Waals surface area contributed by atoms with Crippen molar-refractivity contribution in [1.82, 2.24) is 14.8 Å². The van der Waals surface area contributed by atoms with E-state index in [9.17, 15) is 4.79 Å². The van der Waals surface area contributed by atoms with Crippen LogP contribution in [0.25, 0.3) is 10.2 Å². The number of hydrogen-bond donors (Lipinski definition) is 1. The molecule has 19 heavy (non-hydrogen) atoms. The van der Waals surface area contributed by atoms with Gasteiger partial charge in [-0.25, -0.2) is 4.98 Å². The van der Waals surface area contributed by atoms with E-state index in [0.717, 1.165) is 15.9 Å². The Kier molecular flexibility index (Phi) is 3.00. The summed E-state index contributed by atoms with van der Waals surface area (Å²) in [6.45, 7) is 2.62. The highest BCUT2D eigenvalue weighted by molar-refractivity contribution is 7.16. The highest BCUT2D eigenvalue weighted by Crippen LogP contribution is 2.22. The molecule has 0 fully saturated rings. The molecule has 0 spiro atoms. The SMILES string of the molecule is CCn1nccc1C(=O)Nc1ccc2ncsc2c1. The third-order valence-electron chi connectivity index (χ3n) is 2.84. The molecular formula is C13H12N4OS. The predicted molar refractivity (Wildman–Crippen MR) is 75.5 cm³/mol. The fourth-order valence-electron chi connectivity index (χ4n) is 1.91. The fourth-order valence-corrected chi connectivity index (χ4v) is 2.62. The summed E-state index contributed by atoms with van der Waals surface area (Å²) in [6, 6.07) is 7.40. The molecule has 0 saturated heterocycles. The minimum Gasteiger partial charge on any atom is -0.321 e. The zero-order chi connectivity index (χ0) is 13.2. The number of amides is 1. The largest absolute Gasteiger partial charge is 0.321 e. The molecule has 0 aliphatic rings. The molecule has 2 heterocycles. The average molecular weight is 272 g/mol. The Morgan fingerprint density at radius 3 is 3.16 bits per heavy atom. The lowest BCUT2D eigenvalue weighted by Gasteiger charge is -2.06. The lowest BCUT2D eigenvalue weighted by molar-refractivity contribution is 0.101. The molecule has 1 amide bonds. The van der Waals surface area contributed by atoms with Gasteiger partial charge in [-0.05, 0) is 31.2 Å². The Hall–Kier alpha value is -2.21. The van der Waals surface area contributed by atoms with Crippen LogP contribution in [0.4, 0.5) is 5.69 Å². The number of carbonyl (C=O) groups excluding carboxylic acids is 1. The molecule has 0 unspecified atom stereocenters. The van der Waals surface area contributed by atoms with Gasteiger partial charge in [0, 0.05) is 18.4 Å². The standard InChI is InChI=1S/C13H12N4OS/c1-2-17-11(5-6-15-17)13(18)16-9-3-4-10-12(7-9)19-8-14-10/h3-8H,2H2,1H3,(H,16,18). The van der Waals surface area contributed by atoms with Crippen LogP contribution in [0.3, 0.4) is 0 Å². The van der Waals surface area contributed by atoms with Gasteiger partial charge in [0.2, 0.25) is 0 Å². The highest BCUT2D eigenvalue weighted by atomic mass is 32.1. The van der Waals surface area contributed by atoms with Crippen molar-refractivity contribution in [3.8, 4) is 0 Å². The summed E-state index contributed by atoms with van der Waals surface area (Å²) in [6.07, 6.45) is 1.63. The maximum absolute atomic E-state index is 12.1. The van der Waals surface area contributed by atoms with E-state index in [1.807, 2.05) is 25.1 Å². The van der Waals surface area contributed by atoms with Crippen LogP contribution < -0.4 is 5.32 Å². The van der Waals surface area contributed by atoms with Crippen molar-refractivity contribution in [3.63, 3.8) is 0 Å². The number of carbonyl (C=O) groups is 1. The number of nitrogens with zero attached hydrogens (tertiary/aromatic N) is 3. The molecule has 3 rings (SSSR count). The second-order valence-corrected chi connectivity index (χ2v) is 4.91. The maximum atomic E-state index is 12.1. The number of rotatable bonds is 3. The molecule has 3 aromatic rings. The van der Waals surface area contributed by atoms with Crippen LogP contribution >= 0.6 is 11.3 Å². The van der Waals surface area contributed by atoms with Gasteiger partial charge < -0.3 is 5.32 Å². The number of aryl methyl sites for hydroxylation is 1. The van der Waals surface area contributed by atoms with Crippen LogP contribution in [0.1, 0.15) is 17.4 Å². The molecule has 1 N–H and O–H groups in total. The molecule has 0 saturated carbocycles.